The molecular weight excluding hydrogens is 414 g/mol. The van der Waals surface area contributed by atoms with Crippen molar-refractivity contribution in [1.29, 1.82) is 0 Å². The number of aromatic nitrogens is 1. The van der Waals surface area contributed by atoms with Crippen LogP contribution in [0.2, 0.25) is 0 Å². The van der Waals surface area contributed by atoms with Gasteiger partial charge in [0, 0.05) is 42.4 Å². The maximum Gasteiger partial charge on any atom is 0.293 e. The first-order chi connectivity index (χ1) is 14.9. The lowest BCUT2D eigenvalue weighted by molar-refractivity contribution is -0.123. The summed E-state index contributed by atoms with van der Waals surface area (Å²) < 4.78 is 7.44. The van der Waals surface area contributed by atoms with Crippen molar-refractivity contribution in [3.05, 3.63) is 40.9 Å². The van der Waals surface area contributed by atoms with E-state index in [1.165, 1.54) is 4.90 Å². The molecule has 2 aliphatic rings. The van der Waals surface area contributed by atoms with E-state index < -0.39 is 0 Å². The maximum absolute atomic E-state index is 12.7. The Kier molecular flexibility index (Phi) is 6.48. The number of nitrogens with one attached hydrogen (secondary N) is 1. The van der Waals surface area contributed by atoms with E-state index in [9.17, 15) is 14.4 Å². The van der Waals surface area contributed by atoms with E-state index in [0.29, 0.717) is 18.0 Å². The highest BCUT2D eigenvalue weighted by Gasteiger charge is 2.35. The molecule has 2 aromatic rings. The molecule has 0 unspecified atom stereocenters. The van der Waals surface area contributed by atoms with Gasteiger partial charge in [0.15, 0.2) is 0 Å². The summed E-state index contributed by atoms with van der Waals surface area (Å²) in [6.07, 6.45) is 5.74. The largest absolute Gasteiger partial charge is 0.376 e. The summed E-state index contributed by atoms with van der Waals surface area (Å²) in [5.74, 6) is -0.127. The van der Waals surface area contributed by atoms with Crippen molar-refractivity contribution in [2.75, 3.05) is 19.7 Å². The molecule has 1 aromatic carbocycles. The molecule has 3 amide bonds. The van der Waals surface area contributed by atoms with Gasteiger partial charge in [-0.1, -0.05) is 32.0 Å². The number of benzene rings is 1. The monoisotopic (exact) mass is 441 g/mol. The Morgan fingerprint density at radius 2 is 2.13 bits per heavy atom. The molecule has 7 nitrogen and oxygen atoms in total. The fraction of sp³-hybridized carbons (Fsp3) is 0.435. The zero-order chi connectivity index (χ0) is 22.0. The molecule has 3 heterocycles. The maximum atomic E-state index is 12.7. The van der Waals surface area contributed by atoms with Gasteiger partial charge in [0.2, 0.25) is 5.91 Å². The van der Waals surface area contributed by atoms with E-state index in [1.54, 1.807) is 6.08 Å². The standard InChI is InChI=1S/C23H27N3O4S/c1-15(2)12-26-22(28)20(31-23(26)29)10-16-13-25(19-8-4-3-7-18(16)19)14-21(27)24-11-17-6-5-9-30-17/h3-4,7-8,10,13,15,17H,5-6,9,11-12,14H2,1-2H3,(H,24,27)/b20-10-/t17-/m1/s1. The molecule has 2 saturated heterocycles. The number of para-hydroxylation sites is 1. The van der Waals surface area contributed by atoms with E-state index in [2.05, 4.69) is 5.32 Å². The van der Waals surface area contributed by atoms with Crippen LogP contribution in [0.5, 0.6) is 0 Å². The first kappa shape index (κ1) is 21.6. The van der Waals surface area contributed by atoms with Crippen LogP contribution in [0.1, 0.15) is 32.3 Å². The van der Waals surface area contributed by atoms with Gasteiger partial charge in [0.1, 0.15) is 6.54 Å². The summed E-state index contributed by atoms with van der Waals surface area (Å²) >= 11 is 0.969. The summed E-state index contributed by atoms with van der Waals surface area (Å²) in [4.78, 5) is 39.2. The van der Waals surface area contributed by atoms with Gasteiger partial charge in [-0.3, -0.25) is 19.3 Å². The smallest absolute Gasteiger partial charge is 0.293 e. The lowest BCUT2D eigenvalue weighted by Gasteiger charge is -2.14. The lowest BCUT2D eigenvalue weighted by atomic mass is 10.1. The number of carbonyl (C=O) groups is 3. The van der Waals surface area contributed by atoms with E-state index >= 15 is 0 Å². The van der Waals surface area contributed by atoms with Gasteiger partial charge in [0.25, 0.3) is 11.1 Å². The molecule has 0 bridgehead atoms. The van der Waals surface area contributed by atoms with Gasteiger partial charge < -0.3 is 14.6 Å². The zero-order valence-corrected chi connectivity index (χ0v) is 18.6. The number of imide groups is 1. The van der Waals surface area contributed by atoms with E-state index in [4.69, 9.17) is 4.74 Å². The fourth-order valence-corrected chi connectivity index (χ4v) is 4.77. The summed E-state index contributed by atoms with van der Waals surface area (Å²) in [6, 6.07) is 7.75. The highest BCUT2D eigenvalue weighted by atomic mass is 32.2. The average molecular weight is 442 g/mol. The van der Waals surface area contributed by atoms with Crippen molar-refractivity contribution in [2.45, 2.75) is 39.3 Å². The molecule has 2 aliphatic heterocycles. The second-order valence-corrected chi connectivity index (χ2v) is 9.35. The van der Waals surface area contributed by atoms with Gasteiger partial charge in [-0.05, 0) is 42.7 Å². The third kappa shape index (κ3) is 4.85. The third-order valence-electron chi connectivity index (χ3n) is 5.39. The van der Waals surface area contributed by atoms with Gasteiger partial charge >= 0.3 is 0 Å². The molecule has 1 N–H and O–H groups in total. The second kappa shape index (κ2) is 9.28. The molecule has 8 heteroatoms. The van der Waals surface area contributed by atoms with Crippen molar-refractivity contribution in [3.8, 4) is 0 Å². The van der Waals surface area contributed by atoms with Crippen LogP contribution in [-0.2, 0) is 20.9 Å². The highest BCUT2D eigenvalue weighted by Crippen LogP contribution is 2.34. The Morgan fingerprint density at radius 1 is 1.32 bits per heavy atom. The number of amides is 3. The van der Waals surface area contributed by atoms with Crippen LogP contribution >= 0.6 is 11.8 Å². The molecule has 4 rings (SSSR count). The molecule has 1 atom stereocenters. The number of carbonyl (C=O) groups excluding carboxylic acids is 3. The molecule has 0 radical (unpaired) electrons. The molecule has 164 valence electrons. The van der Waals surface area contributed by atoms with Crippen LogP contribution in [0, 0.1) is 5.92 Å². The normalized spacial score (nSPS) is 20.5. The number of hydrogen-bond donors (Lipinski definition) is 1. The minimum atomic E-state index is -0.255. The molecular formula is C23H27N3O4S. The molecule has 0 aliphatic carbocycles. The second-order valence-electron chi connectivity index (χ2n) is 8.35. The minimum Gasteiger partial charge on any atom is -0.376 e. The zero-order valence-electron chi connectivity index (χ0n) is 17.8. The number of ether oxygens (including phenoxy) is 1. The highest BCUT2D eigenvalue weighted by molar-refractivity contribution is 8.18. The number of rotatable bonds is 7. The van der Waals surface area contributed by atoms with Crippen molar-refractivity contribution in [1.82, 2.24) is 14.8 Å². The molecule has 0 saturated carbocycles. The number of hydrogen-bond acceptors (Lipinski definition) is 5. The first-order valence-electron chi connectivity index (χ1n) is 10.6. The van der Waals surface area contributed by atoms with Crippen LogP contribution in [0.15, 0.2) is 35.4 Å². The van der Waals surface area contributed by atoms with Crippen LogP contribution < -0.4 is 5.32 Å². The Hall–Kier alpha value is -2.58. The first-order valence-corrected chi connectivity index (χ1v) is 11.5. The third-order valence-corrected chi connectivity index (χ3v) is 6.30. The molecule has 0 spiro atoms. The number of nitrogens with zero attached hydrogens (tertiary/aromatic N) is 2. The average Bonchev–Trinajstić information content (AvgIpc) is 3.43. The predicted molar refractivity (Wildman–Crippen MR) is 121 cm³/mol. The quantitative estimate of drug-likeness (QED) is 0.664. The molecule has 1 aromatic heterocycles. The van der Waals surface area contributed by atoms with E-state index in [0.717, 1.165) is 47.7 Å². The van der Waals surface area contributed by atoms with Crippen LogP contribution in [0.4, 0.5) is 4.79 Å². The molecule has 31 heavy (non-hydrogen) atoms. The minimum absolute atomic E-state index is 0.0833. The summed E-state index contributed by atoms with van der Waals surface area (Å²) in [6.45, 7) is 5.82. The van der Waals surface area contributed by atoms with Gasteiger partial charge in [-0.15, -0.1) is 0 Å². The Labute approximate surface area is 185 Å². The predicted octanol–water partition coefficient (Wildman–Crippen LogP) is 3.63. The summed E-state index contributed by atoms with van der Waals surface area (Å²) in [7, 11) is 0. The summed E-state index contributed by atoms with van der Waals surface area (Å²) in [5.41, 5.74) is 1.72. The van der Waals surface area contributed by atoms with Gasteiger partial charge in [-0.25, -0.2) is 0 Å². The fourth-order valence-electron chi connectivity index (χ4n) is 3.93. The van der Waals surface area contributed by atoms with Crippen molar-refractivity contribution >= 4 is 45.8 Å². The van der Waals surface area contributed by atoms with E-state index in [-0.39, 0.29) is 35.6 Å². The molecule has 2 fully saturated rings. The van der Waals surface area contributed by atoms with Crippen LogP contribution in [0.25, 0.3) is 17.0 Å². The Balaban J connectivity index is 1.54. The Morgan fingerprint density at radius 3 is 2.87 bits per heavy atom. The number of thioether (sulfide) groups is 1. The SMILES string of the molecule is CC(C)CN1C(=O)S/C(=C\c2cn(CC(=O)NC[C@H]3CCCO3)c3ccccc23)C1=O. The lowest BCUT2D eigenvalue weighted by Crippen LogP contribution is -2.34. The van der Waals surface area contributed by atoms with Crippen molar-refractivity contribution < 1.29 is 19.1 Å². The topological polar surface area (TPSA) is 80.6 Å². The summed E-state index contributed by atoms with van der Waals surface area (Å²) in [5, 5.41) is 3.65. The van der Waals surface area contributed by atoms with Gasteiger partial charge in [-0.2, -0.15) is 0 Å². The van der Waals surface area contributed by atoms with Crippen LogP contribution in [-0.4, -0.2) is 52.3 Å². The Bertz CT molecular complexity index is 1040. The van der Waals surface area contributed by atoms with Crippen molar-refractivity contribution in [3.63, 3.8) is 0 Å². The number of fused-ring (bicyclic) bond motifs is 1. The van der Waals surface area contributed by atoms with Gasteiger partial charge in [0.05, 0.1) is 11.0 Å². The van der Waals surface area contributed by atoms with E-state index in [1.807, 2.05) is 48.9 Å². The van der Waals surface area contributed by atoms with Crippen LogP contribution in [0.3, 0.4) is 0 Å². The van der Waals surface area contributed by atoms with Crippen molar-refractivity contribution in [2.24, 2.45) is 5.92 Å².